The van der Waals surface area contributed by atoms with E-state index in [1.54, 1.807) is 0 Å². The summed E-state index contributed by atoms with van der Waals surface area (Å²) in [5, 5.41) is 3.72. The Morgan fingerprint density at radius 1 is 1.16 bits per heavy atom. The fourth-order valence-corrected chi connectivity index (χ4v) is 3.64. The van der Waals surface area contributed by atoms with Crippen molar-refractivity contribution in [2.24, 2.45) is 5.92 Å². The summed E-state index contributed by atoms with van der Waals surface area (Å²) in [5.74, 6) is 0.924. The summed E-state index contributed by atoms with van der Waals surface area (Å²) < 4.78 is 5.72. The lowest BCUT2D eigenvalue weighted by atomic mass is 9.88. The maximum Gasteiger partial charge on any atom is 0.0636 e. The van der Waals surface area contributed by atoms with Gasteiger partial charge in [-0.25, -0.2) is 0 Å². The minimum absolute atomic E-state index is 0.572. The molecule has 3 nitrogen and oxygen atoms in total. The Hall–Kier alpha value is -0.120. The average molecular weight is 268 g/mol. The molecule has 3 heteroatoms. The van der Waals surface area contributed by atoms with Gasteiger partial charge < -0.3 is 10.1 Å². The second-order valence-corrected chi connectivity index (χ2v) is 6.44. The van der Waals surface area contributed by atoms with Gasteiger partial charge in [0.2, 0.25) is 0 Å². The van der Waals surface area contributed by atoms with Gasteiger partial charge in [-0.1, -0.05) is 26.2 Å². The van der Waals surface area contributed by atoms with Crippen molar-refractivity contribution in [2.75, 3.05) is 33.4 Å². The van der Waals surface area contributed by atoms with Crippen molar-refractivity contribution in [1.82, 2.24) is 10.2 Å². The Morgan fingerprint density at radius 2 is 1.95 bits per heavy atom. The van der Waals surface area contributed by atoms with Gasteiger partial charge in [-0.15, -0.1) is 0 Å². The lowest BCUT2D eigenvalue weighted by molar-refractivity contribution is -0.000157. The van der Waals surface area contributed by atoms with Crippen molar-refractivity contribution in [3.8, 4) is 0 Å². The first-order chi connectivity index (χ1) is 9.31. The molecule has 0 aromatic heterocycles. The van der Waals surface area contributed by atoms with Crippen molar-refractivity contribution >= 4 is 0 Å². The van der Waals surface area contributed by atoms with Crippen molar-refractivity contribution in [2.45, 2.75) is 64.0 Å². The van der Waals surface area contributed by atoms with E-state index in [1.165, 1.54) is 51.5 Å². The number of rotatable bonds is 6. The number of ether oxygens (including phenoxy) is 1. The van der Waals surface area contributed by atoms with Crippen LogP contribution in [-0.4, -0.2) is 50.3 Å². The van der Waals surface area contributed by atoms with Crippen LogP contribution < -0.4 is 5.32 Å². The summed E-state index contributed by atoms with van der Waals surface area (Å²) in [6.45, 7) is 6.48. The molecule has 2 atom stereocenters. The van der Waals surface area contributed by atoms with Gasteiger partial charge >= 0.3 is 0 Å². The summed E-state index contributed by atoms with van der Waals surface area (Å²) in [6, 6.07) is 1.20. The van der Waals surface area contributed by atoms with Crippen LogP contribution in [0.3, 0.4) is 0 Å². The first kappa shape index (κ1) is 15.3. The molecule has 2 fully saturated rings. The normalized spacial score (nSPS) is 29.8. The van der Waals surface area contributed by atoms with E-state index in [9.17, 15) is 0 Å². The van der Waals surface area contributed by atoms with E-state index in [2.05, 4.69) is 24.2 Å². The van der Waals surface area contributed by atoms with Crippen LogP contribution >= 0.6 is 0 Å². The minimum Gasteiger partial charge on any atom is -0.380 e. The third-order valence-electron chi connectivity index (χ3n) is 4.82. The molecule has 19 heavy (non-hydrogen) atoms. The van der Waals surface area contributed by atoms with Crippen LogP contribution in [0.25, 0.3) is 0 Å². The highest BCUT2D eigenvalue weighted by atomic mass is 16.5. The molecule has 0 radical (unpaired) electrons. The van der Waals surface area contributed by atoms with E-state index in [-0.39, 0.29) is 0 Å². The second kappa shape index (κ2) is 8.23. The Morgan fingerprint density at radius 3 is 2.68 bits per heavy atom. The van der Waals surface area contributed by atoms with E-state index >= 15 is 0 Å². The first-order valence-corrected chi connectivity index (χ1v) is 8.32. The summed E-state index contributed by atoms with van der Waals surface area (Å²) in [6.07, 6.45) is 9.59. The van der Waals surface area contributed by atoms with Gasteiger partial charge in [-0.05, 0) is 45.2 Å². The smallest absolute Gasteiger partial charge is 0.0636 e. The topological polar surface area (TPSA) is 24.5 Å². The molecule has 2 aliphatic rings. The predicted molar refractivity (Wildman–Crippen MR) is 80.5 cm³/mol. The van der Waals surface area contributed by atoms with Gasteiger partial charge in [0, 0.05) is 25.2 Å². The van der Waals surface area contributed by atoms with E-state index in [0.29, 0.717) is 12.1 Å². The van der Waals surface area contributed by atoms with Crippen LogP contribution in [-0.2, 0) is 4.74 Å². The van der Waals surface area contributed by atoms with Crippen LogP contribution in [0.15, 0.2) is 0 Å². The van der Waals surface area contributed by atoms with Crippen molar-refractivity contribution in [3.05, 3.63) is 0 Å². The van der Waals surface area contributed by atoms with E-state index in [0.717, 1.165) is 25.7 Å². The van der Waals surface area contributed by atoms with Crippen molar-refractivity contribution < 1.29 is 4.74 Å². The predicted octanol–water partition coefficient (Wildman–Crippen LogP) is 2.66. The SMILES string of the molecule is CCCNC1CCOCC1N(C)CC1CCCCC1. The lowest BCUT2D eigenvalue weighted by Gasteiger charge is -2.40. The van der Waals surface area contributed by atoms with Gasteiger partial charge in [0.15, 0.2) is 0 Å². The highest BCUT2D eigenvalue weighted by molar-refractivity contribution is 4.87. The minimum atomic E-state index is 0.572. The Labute approximate surface area is 119 Å². The molecule has 1 saturated carbocycles. The average Bonchev–Trinajstić information content (AvgIpc) is 2.46. The molecular weight excluding hydrogens is 236 g/mol. The van der Waals surface area contributed by atoms with Gasteiger partial charge in [-0.2, -0.15) is 0 Å². The Balaban J connectivity index is 1.81. The number of nitrogens with zero attached hydrogens (tertiary/aromatic N) is 1. The third kappa shape index (κ3) is 4.73. The summed E-state index contributed by atoms with van der Waals surface area (Å²) in [5.41, 5.74) is 0. The zero-order valence-corrected chi connectivity index (χ0v) is 12.9. The number of likely N-dealkylation sites (N-methyl/N-ethyl adjacent to an activating group) is 1. The summed E-state index contributed by atoms with van der Waals surface area (Å²) in [4.78, 5) is 2.57. The van der Waals surface area contributed by atoms with Crippen LogP contribution in [0, 0.1) is 5.92 Å². The molecule has 0 aromatic carbocycles. The highest BCUT2D eigenvalue weighted by Crippen LogP contribution is 2.25. The molecule has 1 aliphatic carbocycles. The monoisotopic (exact) mass is 268 g/mol. The fourth-order valence-electron chi connectivity index (χ4n) is 3.64. The van der Waals surface area contributed by atoms with Gasteiger partial charge in [0.25, 0.3) is 0 Å². The van der Waals surface area contributed by atoms with Gasteiger partial charge in [0.1, 0.15) is 0 Å². The molecule has 1 heterocycles. The maximum absolute atomic E-state index is 5.72. The molecule has 1 N–H and O–H groups in total. The highest BCUT2D eigenvalue weighted by Gasteiger charge is 2.29. The zero-order valence-electron chi connectivity index (χ0n) is 12.9. The lowest BCUT2D eigenvalue weighted by Crippen LogP contribution is -2.55. The fraction of sp³-hybridized carbons (Fsp3) is 1.00. The van der Waals surface area contributed by atoms with Gasteiger partial charge in [0.05, 0.1) is 6.61 Å². The zero-order chi connectivity index (χ0) is 13.5. The largest absolute Gasteiger partial charge is 0.380 e. The molecule has 0 aromatic rings. The molecule has 0 bridgehead atoms. The molecule has 0 amide bonds. The number of nitrogens with one attached hydrogen (secondary N) is 1. The quantitative estimate of drug-likeness (QED) is 0.801. The Bertz CT molecular complexity index is 241. The molecule has 1 saturated heterocycles. The maximum atomic E-state index is 5.72. The van der Waals surface area contributed by atoms with Crippen LogP contribution in [0.1, 0.15) is 51.9 Å². The molecule has 0 spiro atoms. The van der Waals surface area contributed by atoms with Gasteiger partial charge in [-0.3, -0.25) is 4.90 Å². The molecule has 1 aliphatic heterocycles. The molecule has 112 valence electrons. The number of hydrogen-bond acceptors (Lipinski definition) is 3. The molecule has 2 rings (SSSR count). The van der Waals surface area contributed by atoms with E-state index in [1.807, 2.05) is 0 Å². The first-order valence-electron chi connectivity index (χ1n) is 8.32. The summed E-state index contributed by atoms with van der Waals surface area (Å²) >= 11 is 0. The molecular formula is C16H32N2O. The standard InChI is InChI=1S/C16H32N2O/c1-3-10-17-15-9-11-19-13-16(15)18(2)12-14-7-5-4-6-8-14/h14-17H,3-13H2,1-2H3. The second-order valence-electron chi connectivity index (χ2n) is 6.44. The third-order valence-corrected chi connectivity index (χ3v) is 4.82. The van der Waals surface area contributed by atoms with Crippen molar-refractivity contribution in [3.63, 3.8) is 0 Å². The Kier molecular flexibility index (Phi) is 6.62. The molecule has 2 unspecified atom stereocenters. The van der Waals surface area contributed by atoms with Crippen LogP contribution in [0.2, 0.25) is 0 Å². The summed E-state index contributed by atoms with van der Waals surface area (Å²) in [7, 11) is 2.30. The van der Waals surface area contributed by atoms with Crippen LogP contribution in [0.5, 0.6) is 0 Å². The van der Waals surface area contributed by atoms with E-state index < -0.39 is 0 Å². The van der Waals surface area contributed by atoms with Crippen LogP contribution in [0.4, 0.5) is 0 Å². The van der Waals surface area contributed by atoms with E-state index in [4.69, 9.17) is 4.74 Å². The number of hydrogen-bond donors (Lipinski definition) is 1. The van der Waals surface area contributed by atoms with Crippen molar-refractivity contribution in [1.29, 1.82) is 0 Å².